The number of hydrogen-bond acceptors (Lipinski definition) is 2. The number of carbonyl (C=O) groups excluding carboxylic acids is 1. The Morgan fingerprint density at radius 1 is 1.17 bits per heavy atom. The number of aryl methyl sites for hydroxylation is 1. The second-order valence-electron chi connectivity index (χ2n) is 6.53. The molecule has 0 aliphatic carbocycles. The first-order chi connectivity index (χ1) is 11.5. The third-order valence-corrected chi connectivity index (χ3v) is 4.42. The summed E-state index contributed by atoms with van der Waals surface area (Å²) in [5.74, 6) is 0.212. The van der Waals surface area contributed by atoms with Crippen molar-refractivity contribution >= 4 is 16.8 Å². The van der Waals surface area contributed by atoms with Gasteiger partial charge in [-0.05, 0) is 49.3 Å². The van der Waals surface area contributed by atoms with Gasteiger partial charge in [0.1, 0.15) is 0 Å². The first-order valence-corrected chi connectivity index (χ1v) is 8.95. The van der Waals surface area contributed by atoms with Crippen LogP contribution in [0.25, 0.3) is 10.9 Å². The predicted octanol–water partition coefficient (Wildman–Crippen LogP) is 3.71. The van der Waals surface area contributed by atoms with E-state index >= 15 is 0 Å². The fraction of sp³-hybridized carbons (Fsp3) is 0.500. The Morgan fingerprint density at radius 3 is 2.54 bits per heavy atom. The molecule has 0 aliphatic rings. The van der Waals surface area contributed by atoms with Crippen LogP contribution in [-0.2, 0) is 11.2 Å². The zero-order valence-electron chi connectivity index (χ0n) is 14.9. The maximum Gasteiger partial charge on any atom is 0.251 e. The Labute approximate surface area is 143 Å². The van der Waals surface area contributed by atoms with Crippen molar-refractivity contribution in [1.29, 1.82) is 0 Å². The van der Waals surface area contributed by atoms with E-state index in [-0.39, 0.29) is 17.4 Å². The lowest BCUT2D eigenvalue weighted by molar-refractivity contribution is -0.125. The van der Waals surface area contributed by atoms with E-state index in [9.17, 15) is 9.59 Å². The highest BCUT2D eigenvalue weighted by atomic mass is 16.2. The summed E-state index contributed by atoms with van der Waals surface area (Å²) in [6.45, 7) is 6.71. The molecule has 2 rings (SSSR count). The van der Waals surface area contributed by atoms with Gasteiger partial charge in [0, 0.05) is 23.5 Å². The number of carbonyl (C=O) groups is 1. The molecule has 1 aromatic carbocycles. The number of aromatic amines is 1. The monoisotopic (exact) mass is 328 g/mol. The maximum atomic E-state index is 12.3. The van der Waals surface area contributed by atoms with E-state index in [4.69, 9.17) is 0 Å². The van der Waals surface area contributed by atoms with Crippen LogP contribution in [0.4, 0.5) is 0 Å². The molecule has 0 radical (unpaired) electrons. The van der Waals surface area contributed by atoms with Crippen LogP contribution in [0.2, 0.25) is 0 Å². The van der Waals surface area contributed by atoms with Crippen molar-refractivity contribution < 1.29 is 4.79 Å². The van der Waals surface area contributed by atoms with Crippen LogP contribution in [0.5, 0.6) is 0 Å². The number of fused-ring (bicyclic) bond motifs is 1. The minimum absolute atomic E-state index is 0.0685. The fourth-order valence-electron chi connectivity index (χ4n) is 3.11. The molecule has 130 valence electrons. The summed E-state index contributed by atoms with van der Waals surface area (Å²) in [5.41, 5.74) is 2.63. The molecule has 0 atom stereocenters. The first kappa shape index (κ1) is 18.2. The molecule has 0 spiro atoms. The molecule has 1 amide bonds. The number of aromatic nitrogens is 1. The van der Waals surface area contributed by atoms with Crippen LogP contribution in [0.3, 0.4) is 0 Å². The standard InChI is InChI=1S/C20H28N2O2/c1-4-6-15(7-5-2)19(23)21-11-10-17-13-16-9-8-14(3)12-18(16)22-20(17)24/h8-9,12-13,15H,4-7,10-11H2,1-3H3,(H,21,23)(H,22,24). The smallest absolute Gasteiger partial charge is 0.251 e. The van der Waals surface area contributed by atoms with Gasteiger partial charge >= 0.3 is 0 Å². The van der Waals surface area contributed by atoms with Gasteiger partial charge in [0.25, 0.3) is 5.56 Å². The third kappa shape index (κ3) is 4.70. The van der Waals surface area contributed by atoms with Gasteiger partial charge in [-0.3, -0.25) is 9.59 Å². The quantitative estimate of drug-likeness (QED) is 0.776. The number of H-pyrrole nitrogens is 1. The molecule has 0 unspecified atom stereocenters. The second-order valence-corrected chi connectivity index (χ2v) is 6.53. The Balaban J connectivity index is 2.00. The van der Waals surface area contributed by atoms with Crippen LogP contribution < -0.4 is 10.9 Å². The summed E-state index contributed by atoms with van der Waals surface area (Å²) in [6, 6.07) is 7.95. The lowest BCUT2D eigenvalue weighted by Crippen LogP contribution is -2.33. The predicted molar refractivity (Wildman–Crippen MR) is 99.3 cm³/mol. The van der Waals surface area contributed by atoms with Crippen molar-refractivity contribution in [3.63, 3.8) is 0 Å². The molecule has 1 heterocycles. The first-order valence-electron chi connectivity index (χ1n) is 8.95. The Bertz CT molecular complexity index is 743. The van der Waals surface area contributed by atoms with E-state index in [1.165, 1.54) is 0 Å². The van der Waals surface area contributed by atoms with Gasteiger partial charge in [-0.25, -0.2) is 0 Å². The highest BCUT2D eigenvalue weighted by Crippen LogP contribution is 2.14. The molecule has 2 aromatic rings. The molecule has 1 aromatic heterocycles. The van der Waals surface area contributed by atoms with Gasteiger partial charge in [-0.2, -0.15) is 0 Å². The van der Waals surface area contributed by atoms with Crippen LogP contribution in [0, 0.1) is 12.8 Å². The van der Waals surface area contributed by atoms with E-state index < -0.39 is 0 Å². The highest BCUT2D eigenvalue weighted by molar-refractivity contribution is 5.80. The van der Waals surface area contributed by atoms with Crippen LogP contribution in [0.15, 0.2) is 29.1 Å². The zero-order valence-corrected chi connectivity index (χ0v) is 14.9. The molecule has 24 heavy (non-hydrogen) atoms. The maximum absolute atomic E-state index is 12.3. The molecule has 4 heteroatoms. The normalized spacial score (nSPS) is 11.2. The van der Waals surface area contributed by atoms with Gasteiger partial charge in [0.05, 0.1) is 0 Å². The Morgan fingerprint density at radius 2 is 1.88 bits per heavy atom. The number of rotatable bonds is 8. The minimum Gasteiger partial charge on any atom is -0.356 e. The van der Waals surface area contributed by atoms with E-state index in [0.717, 1.165) is 42.1 Å². The number of hydrogen-bond donors (Lipinski definition) is 2. The van der Waals surface area contributed by atoms with Crippen molar-refractivity contribution in [3.8, 4) is 0 Å². The van der Waals surface area contributed by atoms with Gasteiger partial charge in [-0.15, -0.1) is 0 Å². The van der Waals surface area contributed by atoms with Gasteiger partial charge in [0.15, 0.2) is 0 Å². The average molecular weight is 328 g/mol. The Kier molecular flexibility index (Phi) is 6.59. The summed E-state index contributed by atoms with van der Waals surface area (Å²) >= 11 is 0. The van der Waals surface area contributed by atoms with Gasteiger partial charge < -0.3 is 10.3 Å². The molecule has 0 saturated carbocycles. The van der Waals surface area contributed by atoms with Crippen LogP contribution in [-0.4, -0.2) is 17.4 Å². The summed E-state index contributed by atoms with van der Waals surface area (Å²) in [5, 5.41) is 4.02. The molecule has 2 N–H and O–H groups in total. The number of benzene rings is 1. The third-order valence-electron chi connectivity index (χ3n) is 4.42. The molecular weight excluding hydrogens is 300 g/mol. The molecule has 0 aliphatic heterocycles. The second kappa shape index (κ2) is 8.67. The topological polar surface area (TPSA) is 62.0 Å². The van der Waals surface area contributed by atoms with Gasteiger partial charge in [-0.1, -0.05) is 38.8 Å². The van der Waals surface area contributed by atoms with E-state index in [2.05, 4.69) is 24.1 Å². The zero-order chi connectivity index (χ0) is 17.5. The number of pyridine rings is 1. The lowest BCUT2D eigenvalue weighted by Gasteiger charge is -2.15. The van der Waals surface area contributed by atoms with E-state index in [1.807, 2.05) is 31.2 Å². The van der Waals surface area contributed by atoms with Crippen molar-refractivity contribution in [2.45, 2.75) is 52.9 Å². The molecule has 0 bridgehead atoms. The van der Waals surface area contributed by atoms with Crippen LogP contribution in [0.1, 0.15) is 50.7 Å². The molecule has 0 saturated heterocycles. The minimum atomic E-state index is -0.0685. The SMILES string of the molecule is CCCC(CCC)C(=O)NCCc1cc2ccc(C)cc2[nH]c1=O. The highest BCUT2D eigenvalue weighted by Gasteiger charge is 2.16. The summed E-state index contributed by atoms with van der Waals surface area (Å²) in [7, 11) is 0. The molecular formula is C20H28N2O2. The van der Waals surface area contributed by atoms with Crippen molar-refractivity contribution in [2.75, 3.05) is 6.54 Å². The average Bonchev–Trinajstić information content (AvgIpc) is 2.55. The van der Waals surface area contributed by atoms with E-state index in [0.29, 0.717) is 18.5 Å². The largest absolute Gasteiger partial charge is 0.356 e. The van der Waals surface area contributed by atoms with Crippen molar-refractivity contribution in [1.82, 2.24) is 10.3 Å². The summed E-state index contributed by atoms with van der Waals surface area (Å²) < 4.78 is 0. The Hall–Kier alpha value is -2.10. The molecule has 4 nitrogen and oxygen atoms in total. The fourth-order valence-corrected chi connectivity index (χ4v) is 3.11. The number of nitrogens with one attached hydrogen (secondary N) is 2. The van der Waals surface area contributed by atoms with E-state index in [1.54, 1.807) is 0 Å². The number of amides is 1. The van der Waals surface area contributed by atoms with Gasteiger partial charge in [0.2, 0.25) is 5.91 Å². The van der Waals surface area contributed by atoms with Crippen molar-refractivity contribution in [2.24, 2.45) is 5.92 Å². The summed E-state index contributed by atoms with van der Waals surface area (Å²) in [4.78, 5) is 27.4. The van der Waals surface area contributed by atoms with Crippen LogP contribution >= 0.6 is 0 Å². The molecule has 0 fully saturated rings. The lowest BCUT2D eigenvalue weighted by atomic mass is 9.97. The summed E-state index contributed by atoms with van der Waals surface area (Å²) in [6.07, 6.45) is 4.44. The van der Waals surface area contributed by atoms with Crippen molar-refractivity contribution in [3.05, 3.63) is 45.7 Å².